The van der Waals surface area contributed by atoms with Gasteiger partial charge >= 0.3 is 0 Å². The number of halogens is 1. The Morgan fingerprint density at radius 1 is 1.15 bits per heavy atom. The number of primary sulfonamides is 1. The van der Waals surface area contributed by atoms with Crippen molar-refractivity contribution in [1.29, 1.82) is 0 Å². The van der Waals surface area contributed by atoms with Crippen LogP contribution in [0.1, 0.15) is 29.7 Å². The molecule has 1 aromatic carbocycles. The molecule has 0 saturated heterocycles. The number of fused-ring (bicyclic) bond motifs is 1. The van der Waals surface area contributed by atoms with E-state index in [0.717, 1.165) is 5.56 Å². The molecular formula is C23H20ClN3O5S. The van der Waals surface area contributed by atoms with E-state index < -0.39 is 21.2 Å². The van der Waals surface area contributed by atoms with Crippen LogP contribution in [0.15, 0.2) is 62.9 Å². The van der Waals surface area contributed by atoms with Crippen LogP contribution in [0.5, 0.6) is 5.75 Å². The fraction of sp³-hybridized carbons (Fsp3) is 0.174. The molecule has 0 unspecified atom stereocenters. The quantitative estimate of drug-likeness (QED) is 0.417. The summed E-state index contributed by atoms with van der Waals surface area (Å²) in [5.74, 6) is 0.284. The smallest absolute Gasteiger partial charge is 0.259 e. The third kappa shape index (κ3) is 4.47. The Labute approximate surface area is 195 Å². The predicted molar refractivity (Wildman–Crippen MR) is 125 cm³/mol. The number of benzene rings is 1. The minimum atomic E-state index is -4.19. The van der Waals surface area contributed by atoms with Crippen molar-refractivity contribution in [1.82, 2.24) is 9.97 Å². The summed E-state index contributed by atoms with van der Waals surface area (Å²) < 4.78 is 36.1. The number of nitrogens with two attached hydrogens (primary N) is 1. The Balaban J connectivity index is 1.90. The summed E-state index contributed by atoms with van der Waals surface area (Å²) in [6, 6.07) is 11.7. The first-order valence-corrected chi connectivity index (χ1v) is 11.8. The van der Waals surface area contributed by atoms with Gasteiger partial charge in [-0.1, -0.05) is 17.7 Å². The molecular weight excluding hydrogens is 466 g/mol. The van der Waals surface area contributed by atoms with Crippen molar-refractivity contribution in [3.05, 3.63) is 80.7 Å². The maximum absolute atomic E-state index is 13.2. The largest absolute Gasteiger partial charge is 0.483 e. The lowest BCUT2D eigenvalue weighted by Crippen LogP contribution is -2.17. The van der Waals surface area contributed by atoms with Gasteiger partial charge in [-0.25, -0.2) is 18.5 Å². The zero-order chi connectivity index (χ0) is 23.9. The van der Waals surface area contributed by atoms with Gasteiger partial charge in [0.25, 0.3) is 10.0 Å². The number of aromatic nitrogens is 2. The molecule has 4 rings (SSSR count). The first kappa shape index (κ1) is 22.9. The number of hydrogen-bond acceptors (Lipinski definition) is 7. The van der Waals surface area contributed by atoms with Crippen LogP contribution in [0.4, 0.5) is 0 Å². The third-order valence-electron chi connectivity index (χ3n) is 5.09. The van der Waals surface area contributed by atoms with Crippen LogP contribution in [0.25, 0.3) is 22.4 Å². The number of pyridine rings is 2. The summed E-state index contributed by atoms with van der Waals surface area (Å²) in [6.45, 7) is 5.24. The normalized spacial score (nSPS) is 12.6. The number of hydrogen-bond donors (Lipinski definition) is 1. The summed E-state index contributed by atoms with van der Waals surface area (Å²) in [7, 11) is -4.19. The van der Waals surface area contributed by atoms with Crippen molar-refractivity contribution in [2.45, 2.75) is 31.9 Å². The van der Waals surface area contributed by atoms with Crippen molar-refractivity contribution in [3.63, 3.8) is 0 Å². The molecule has 0 aliphatic heterocycles. The average molecular weight is 486 g/mol. The Morgan fingerprint density at radius 2 is 1.91 bits per heavy atom. The minimum Gasteiger partial charge on any atom is -0.483 e. The molecule has 3 aromatic heterocycles. The minimum absolute atomic E-state index is 0.0403. The van der Waals surface area contributed by atoms with Gasteiger partial charge in [0.05, 0.1) is 5.39 Å². The van der Waals surface area contributed by atoms with Gasteiger partial charge in [0.15, 0.2) is 16.9 Å². The maximum atomic E-state index is 13.2. The van der Waals surface area contributed by atoms with Gasteiger partial charge in [-0.2, -0.15) is 0 Å². The second-order valence-corrected chi connectivity index (χ2v) is 9.44. The fourth-order valence-corrected chi connectivity index (χ4v) is 4.38. The number of rotatable bonds is 5. The molecule has 0 amide bonds. The van der Waals surface area contributed by atoms with Crippen LogP contribution >= 0.6 is 11.6 Å². The highest BCUT2D eigenvalue weighted by Crippen LogP contribution is 2.33. The molecule has 33 heavy (non-hydrogen) atoms. The second-order valence-electron chi connectivity index (χ2n) is 7.57. The molecule has 0 saturated carbocycles. The molecule has 0 fully saturated rings. The second kappa shape index (κ2) is 8.58. The predicted octanol–water partition coefficient (Wildman–Crippen LogP) is 4.31. The van der Waals surface area contributed by atoms with Gasteiger partial charge in [-0.05, 0) is 62.7 Å². The Kier molecular flexibility index (Phi) is 5.96. The summed E-state index contributed by atoms with van der Waals surface area (Å²) in [5.41, 5.74) is 2.45. The highest BCUT2D eigenvalue weighted by atomic mass is 35.5. The molecule has 0 aliphatic carbocycles. The van der Waals surface area contributed by atoms with Gasteiger partial charge in [-0.3, -0.25) is 9.78 Å². The highest BCUT2D eigenvalue weighted by molar-refractivity contribution is 7.89. The summed E-state index contributed by atoms with van der Waals surface area (Å²) in [4.78, 5) is 21.3. The Hall–Kier alpha value is -3.27. The monoisotopic (exact) mass is 485 g/mol. The lowest BCUT2D eigenvalue weighted by atomic mass is 10.0. The van der Waals surface area contributed by atoms with Crippen LogP contribution in [0.3, 0.4) is 0 Å². The molecule has 0 bridgehead atoms. The highest BCUT2D eigenvalue weighted by Gasteiger charge is 2.23. The van der Waals surface area contributed by atoms with Crippen molar-refractivity contribution in [2.75, 3.05) is 0 Å². The SMILES string of the molecule is Cc1cc([C@@H](C)Oc2ccc(Cl)nc2S(N)(=O)=O)c2oc(-c3ccccn3)c(C)c(=O)c2c1. The lowest BCUT2D eigenvalue weighted by Gasteiger charge is -2.19. The van der Waals surface area contributed by atoms with Crippen LogP contribution in [0.2, 0.25) is 5.15 Å². The molecule has 8 nitrogen and oxygen atoms in total. The molecule has 1 atom stereocenters. The number of ether oxygens (including phenoxy) is 1. The number of aryl methyl sites for hydroxylation is 1. The van der Waals surface area contributed by atoms with E-state index in [4.69, 9.17) is 25.9 Å². The third-order valence-corrected chi connectivity index (χ3v) is 6.13. The Morgan fingerprint density at radius 3 is 2.58 bits per heavy atom. The van der Waals surface area contributed by atoms with Crippen molar-refractivity contribution >= 4 is 32.6 Å². The van der Waals surface area contributed by atoms with Crippen molar-refractivity contribution in [2.24, 2.45) is 5.14 Å². The van der Waals surface area contributed by atoms with Gasteiger partial charge in [0, 0.05) is 17.3 Å². The summed E-state index contributed by atoms with van der Waals surface area (Å²) >= 11 is 5.84. The molecule has 4 aromatic rings. The van der Waals surface area contributed by atoms with E-state index in [2.05, 4.69) is 9.97 Å². The zero-order valence-corrected chi connectivity index (χ0v) is 19.6. The van der Waals surface area contributed by atoms with Crippen molar-refractivity contribution in [3.8, 4) is 17.2 Å². The maximum Gasteiger partial charge on any atom is 0.259 e. The van der Waals surface area contributed by atoms with E-state index in [0.29, 0.717) is 33.6 Å². The topological polar surface area (TPSA) is 125 Å². The molecule has 10 heteroatoms. The van der Waals surface area contributed by atoms with E-state index in [1.165, 1.54) is 12.1 Å². The van der Waals surface area contributed by atoms with Gasteiger partial charge < -0.3 is 9.15 Å². The van der Waals surface area contributed by atoms with Gasteiger partial charge in [-0.15, -0.1) is 0 Å². The van der Waals surface area contributed by atoms with E-state index in [-0.39, 0.29) is 16.3 Å². The molecule has 170 valence electrons. The molecule has 0 radical (unpaired) electrons. The zero-order valence-electron chi connectivity index (χ0n) is 18.0. The average Bonchev–Trinajstić information content (AvgIpc) is 2.77. The summed E-state index contributed by atoms with van der Waals surface area (Å²) in [6.07, 6.45) is 0.890. The molecule has 3 heterocycles. The first-order chi connectivity index (χ1) is 15.6. The number of sulfonamides is 1. The van der Waals surface area contributed by atoms with E-state index in [9.17, 15) is 13.2 Å². The fourth-order valence-electron chi connectivity index (χ4n) is 3.56. The van der Waals surface area contributed by atoms with Gasteiger partial charge in [0.2, 0.25) is 5.03 Å². The van der Waals surface area contributed by atoms with Crippen LogP contribution in [-0.2, 0) is 10.0 Å². The first-order valence-electron chi connectivity index (χ1n) is 9.91. The van der Waals surface area contributed by atoms with Crippen LogP contribution in [-0.4, -0.2) is 18.4 Å². The van der Waals surface area contributed by atoms with E-state index >= 15 is 0 Å². The molecule has 0 spiro atoms. The van der Waals surface area contributed by atoms with E-state index in [1.807, 2.05) is 13.0 Å². The summed E-state index contributed by atoms with van der Waals surface area (Å²) in [5, 5.41) is 5.15. The van der Waals surface area contributed by atoms with Crippen LogP contribution < -0.4 is 15.3 Å². The molecule has 2 N–H and O–H groups in total. The lowest BCUT2D eigenvalue weighted by molar-refractivity contribution is 0.219. The number of nitrogens with zero attached hydrogens (tertiary/aromatic N) is 2. The van der Waals surface area contributed by atoms with E-state index in [1.54, 1.807) is 44.3 Å². The Bertz CT molecular complexity index is 1540. The molecule has 0 aliphatic rings. The van der Waals surface area contributed by atoms with Crippen LogP contribution in [0, 0.1) is 13.8 Å². The van der Waals surface area contributed by atoms with Gasteiger partial charge in [0.1, 0.15) is 22.5 Å². The standard InChI is InChI=1S/C23H20ClN3O5S/c1-12-10-15(14(3)31-18-7-8-19(24)27-23(18)33(25,29)30)22-16(11-12)20(28)13(2)21(32-22)17-6-4-5-9-26-17/h4-11,14H,1-3H3,(H2,25,29,30)/t14-/m1/s1. The van der Waals surface area contributed by atoms with Crippen molar-refractivity contribution < 1.29 is 17.6 Å².